The Bertz CT molecular complexity index is 855. The highest BCUT2D eigenvalue weighted by atomic mass is 32.1. The van der Waals surface area contributed by atoms with Gasteiger partial charge in [-0.25, -0.2) is 0 Å². The Balaban J connectivity index is 1.62. The van der Waals surface area contributed by atoms with Crippen molar-refractivity contribution in [3.8, 4) is 0 Å². The molecule has 2 aromatic rings. The Labute approximate surface area is 170 Å². The summed E-state index contributed by atoms with van der Waals surface area (Å²) >= 11 is 1.50. The second-order valence-electron chi connectivity index (χ2n) is 7.90. The number of hydrogen-bond donors (Lipinski definition) is 2. The van der Waals surface area contributed by atoms with Crippen molar-refractivity contribution < 1.29 is 9.59 Å². The largest absolute Gasteiger partial charge is 0.365 e. The summed E-state index contributed by atoms with van der Waals surface area (Å²) in [6.07, 6.45) is 4.02. The molecule has 0 atom stereocenters. The first-order valence-corrected chi connectivity index (χ1v) is 10.7. The van der Waals surface area contributed by atoms with Crippen LogP contribution in [0, 0.1) is 0 Å². The van der Waals surface area contributed by atoms with Gasteiger partial charge in [0, 0.05) is 11.4 Å². The molecule has 28 heavy (non-hydrogen) atoms. The monoisotopic (exact) mass is 399 g/mol. The maximum absolute atomic E-state index is 12.5. The van der Waals surface area contributed by atoms with Gasteiger partial charge in [-0.05, 0) is 55.3 Å². The zero-order valence-corrected chi connectivity index (χ0v) is 17.7. The van der Waals surface area contributed by atoms with Crippen LogP contribution in [0.25, 0.3) is 0 Å². The maximum Gasteiger partial charge on any atom is 0.251 e. The lowest BCUT2D eigenvalue weighted by Crippen LogP contribution is -2.30. The van der Waals surface area contributed by atoms with Crippen LogP contribution in [0.15, 0.2) is 24.3 Å². The lowest BCUT2D eigenvalue weighted by molar-refractivity contribution is -0.117. The summed E-state index contributed by atoms with van der Waals surface area (Å²) in [5, 5.41) is 3.54. The number of carbonyl (C=O) groups excluding carboxylic acids is 2. The SMILES string of the molecule is CC(C)c1ccc(CN(C)CC(=O)Nc2sc3c(c2C(N)=O)CCCC3)cc1. The van der Waals surface area contributed by atoms with Crippen molar-refractivity contribution in [3.05, 3.63) is 51.4 Å². The standard InChI is InChI=1S/C22H29N3O2S/c1-14(2)16-10-8-15(9-11-16)12-25(3)13-19(26)24-22-20(21(23)27)17-6-4-5-7-18(17)28-22/h8-11,14H,4-7,12-13H2,1-3H3,(H2,23,27)(H,24,26). The predicted molar refractivity (Wildman–Crippen MR) is 115 cm³/mol. The average Bonchev–Trinajstić information content (AvgIpc) is 2.99. The number of rotatable bonds is 7. The third-order valence-electron chi connectivity index (χ3n) is 5.18. The van der Waals surface area contributed by atoms with Crippen LogP contribution >= 0.6 is 11.3 Å². The van der Waals surface area contributed by atoms with Crippen molar-refractivity contribution in [1.29, 1.82) is 0 Å². The highest BCUT2D eigenvalue weighted by molar-refractivity contribution is 7.17. The number of thiophene rings is 1. The molecule has 0 spiro atoms. The summed E-state index contributed by atoms with van der Waals surface area (Å²) in [6.45, 7) is 5.30. The molecule has 0 fully saturated rings. The topological polar surface area (TPSA) is 75.4 Å². The molecule has 3 rings (SSSR count). The number of aryl methyl sites for hydroxylation is 1. The zero-order chi connectivity index (χ0) is 20.3. The normalized spacial score (nSPS) is 13.6. The quantitative estimate of drug-likeness (QED) is 0.741. The Hall–Kier alpha value is -2.18. The number of anilines is 1. The summed E-state index contributed by atoms with van der Waals surface area (Å²) in [6, 6.07) is 8.51. The highest BCUT2D eigenvalue weighted by Crippen LogP contribution is 2.37. The lowest BCUT2D eigenvalue weighted by Gasteiger charge is -2.17. The number of primary amides is 1. The molecular weight excluding hydrogens is 370 g/mol. The van der Waals surface area contributed by atoms with Crippen molar-refractivity contribution in [3.63, 3.8) is 0 Å². The Morgan fingerprint density at radius 1 is 1.18 bits per heavy atom. The number of nitrogens with one attached hydrogen (secondary N) is 1. The minimum Gasteiger partial charge on any atom is -0.365 e. The van der Waals surface area contributed by atoms with Gasteiger partial charge in [0.1, 0.15) is 5.00 Å². The van der Waals surface area contributed by atoms with E-state index in [1.165, 1.54) is 27.3 Å². The number of nitrogens with zero attached hydrogens (tertiary/aromatic N) is 1. The minimum absolute atomic E-state index is 0.123. The van der Waals surface area contributed by atoms with E-state index in [2.05, 4.69) is 43.4 Å². The molecule has 0 unspecified atom stereocenters. The molecule has 1 aliphatic carbocycles. The summed E-state index contributed by atoms with van der Waals surface area (Å²) in [5.74, 6) is -0.0654. The first-order valence-electron chi connectivity index (χ1n) is 9.86. The van der Waals surface area contributed by atoms with E-state index >= 15 is 0 Å². The summed E-state index contributed by atoms with van der Waals surface area (Å²) in [4.78, 5) is 27.6. The van der Waals surface area contributed by atoms with Gasteiger partial charge in [0.25, 0.3) is 5.91 Å². The number of amides is 2. The predicted octanol–water partition coefficient (Wildman–Crippen LogP) is 3.92. The number of benzene rings is 1. The Morgan fingerprint density at radius 2 is 1.86 bits per heavy atom. The maximum atomic E-state index is 12.5. The van der Waals surface area contributed by atoms with E-state index < -0.39 is 5.91 Å². The summed E-state index contributed by atoms with van der Waals surface area (Å²) < 4.78 is 0. The van der Waals surface area contributed by atoms with Crippen LogP contribution in [0.3, 0.4) is 0 Å². The first-order chi connectivity index (χ1) is 13.3. The van der Waals surface area contributed by atoms with E-state index in [0.717, 1.165) is 31.2 Å². The van der Waals surface area contributed by atoms with E-state index in [0.29, 0.717) is 23.0 Å². The van der Waals surface area contributed by atoms with Gasteiger partial charge in [-0.3, -0.25) is 14.5 Å². The first kappa shape index (κ1) is 20.6. The number of carbonyl (C=O) groups is 2. The molecular formula is C22H29N3O2S. The van der Waals surface area contributed by atoms with E-state index in [9.17, 15) is 9.59 Å². The molecule has 1 aromatic heterocycles. The number of hydrogen-bond acceptors (Lipinski definition) is 4. The molecule has 1 heterocycles. The van der Waals surface area contributed by atoms with Crippen LogP contribution in [0.4, 0.5) is 5.00 Å². The second kappa shape index (κ2) is 8.88. The molecule has 3 N–H and O–H groups in total. The average molecular weight is 400 g/mol. The molecule has 5 nitrogen and oxygen atoms in total. The van der Waals surface area contributed by atoms with Gasteiger partial charge in [-0.15, -0.1) is 11.3 Å². The third kappa shape index (κ3) is 4.80. The summed E-state index contributed by atoms with van der Waals surface area (Å²) in [7, 11) is 1.92. The molecule has 6 heteroatoms. The van der Waals surface area contributed by atoms with Crippen molar-refractivity contribution in [2.45, 2.75) is 52.0 Å². The van der Waals surface area contributed by atoms with E-state index in [-0.39, 0.29) is 12.5 Å². The van der Waals surface area contributed by atoms with Gasteiger partial charge in [0.05, 0.1) is 12.1 Å². The highest BCUT2D eigenvalue weighted by Gasteiger charge is 2.25. The van der Waals surface area contributed by atoms with Gasteiger partial charge >= 0.3 is 0 Å². The van der Waals surface area contributed by atoms with Crippen LogP contribution in [-0.2, 0) is 24.2 Å². The number of nitrogens with two attached hydrogens (primary N) is 1. The van der Waals surface area contributed by atoms with Gasteiger partial charge < -0.3 is 11.1 Å². The molecule has 1 aliphatic rings. The van der Waals surface area contributed by atoms with Gasteiger partial charge in [0.15, 0.2) is 0 Å². The van der Waals surface area contributed by atoms with Crippen molar-refractivity contribution in [2.24, 2.45) is 5.73 Å². The smallest absolute Gasteiger partial charge is 0.251 e. The van der Waals surface area contributed by atoms with Gasteiger partial charge in [0.2, 0.25) is 5.91 Å². The molecule has 0 aliphatic heterocycles. The lowest BCUT2D eigenvalue weighted by atomic mass is 9.95. The van der Waals surface area contributed by atoms with Gasteiger partial charge in [-0.2, -0.15) is 0 Å². The Kier molecular flexibility index (Phi) is 6.52. The van der Waals surface area contributed by atoms with Crippen LogP contribution in [-0.4, -0.2) is 30.3 Å². The molecule has 1 aromatic carbocycles. The van der Waals surface area contributed by atoms with E-state index in [4.69, 9.17) is 5.73 Å². The molecule has 150 valence electrons. The summed E-state index contributed by atoms with van der Waals surface area (Å²) in [5.41, 5.74) is 9.64. The fourth-order valence-electron chi connectivity index (χ4n) is 3.70. The van der Waals surface area contributed by atoms with Crippen molar-refractivity contribution >= 4 is 28.2 Å². The number of fused-ring (bicyclic) bond motifs is 1. The van der Waals surface area contributed by atoms with Gasteiger partial charge in [-0.1, -0.05) is 38.1 Å². The van der Waals surface area contributed by atoms with Crippen molar-refractivity contribution in [1.82, 2.24) is 4.90 Å². The fraction of sp³-hybridized carbons (Fsp3) is 0.455. The zero-order valence-electron chi connectivity index (χ0n) is 16.9. The molecule has 0 bridgehead atoms. The molecule has 0 saturated carbocycles. The minimum atomic E-state index is -0.451. The van der Waals surface area contributed by atoms with Crippen LogP contribution in [0.1, 0.15) is 64.5 Å². The van der Waals surface area contributed by atoms with E-state index in [1.807, 2.05) is 11.9 Å². The molecule has 0 saturated heterocycles. The van der Waals surface area contributed by atoms with Crippen LogP contribution < -0.4 is 11.1 Å². The third-order valence-corrected chi connectivity index (χ3v) is 6.39. The van der Waals surface area contributed by atoms with Crippen LogP contribution in [0.2, 0.25) is 0 Å². The fourth-order valence-corrected chi connectivity index (χ4v) is 5.01. The Morgan fingerprint density at radius 3 is 2.50 bits per heavy atom. The van der Waals surface area contributed by atoms with Crippen molar-refractivity contribution in [2.75, 3.05) is 18.9 Å². The molecule has 0 radical (unpaired) electrons. The second-order valence-corrected chi connectivity index (χ2v) is 9.00. The number of likely N-dealkylation sites (N-methyl/N-ethyl adjacent to an activating group) is 1. The van der Waals surface area contributed by atoms with Crippen LogP contribution in [0.5, 0.6) is 0 Å². The van der Waals surface area contributed by atoms with E-state index in [1.54, 1.807) is 0 Å². The molecule has 2 amide bonds.